The number of morpholine rings is 1. The molecule has 2 aromatic rings. The van der Waals surface area contributed by atoms with E-state index in [2.05, 4.69) is 34.7 Å². The van der Waals surface area contributed by atoms with Crippen LogP contribution in [0.3, 0.4) is 0 Å². The van der Waals surface area contributed by atoms with Crippen molar-refractivity contribution in [2.75, 3.05) is 50.8 Å². The fraction of sp³-hybridized carbons (Fsp3) is 0.625. The molecule has 0 radical (unpaired) electrons. The number of hydrogen-bond donors (Lipinski definition) is 0. The van der Waals surface area contributed by atoms with Gasteiger partial charge in [-0.15, -0.1) is 0 Å². The zero-order valence-electron chi connectivity index (χ0n) is 18.9. The number of aryl methyl sites for hydroxylation is 1. The summed E-state index contributed by atoms with van der Waals surface area (Å²) in [6.45, 7) is 13.7. The molecular weight excluding hydrogens is 390 g/mol. The van der Waals surface area contributed by atoms with Crippen molar-refractivity contribution in [3.63, 3.8) is 0 Å². The minimum Gasteiger partial charge on any atom is -0.378 e. The van der Waals surface area contributed by atoms with E-state index in [1.807, 2.05) is 17.6 Å². The number of likely N-dealkylation sites (tertiary alicyclic amines) is 1. The van der Waals surface area contributed by atoms with E-state index >= 15 is 0 Å². The van der Waals surface area contributed by atoms with Crippen molar-refractivity contribution < 1.29 is 4.74 Å². The first kappa shape index (κ1) is 20.6. The second-order valence-corrected chi connectivity index (χ2v) is 9.82. The van der Waals surface area contributed by atoms with Crippen LogP contribution >= 0.6 is 0 Å². The summed E-state index contributed by atoms with van der Waals surface area (Å²) in [5.41, 5.74) is 3.95. The Morgan fingerprint density at radius 2 is 1.90 bits per heavy atom. The van der Waals surface area contributed by atoms with Crippen molar-refractivity contribution in [2.45, 2.75) is 39.7 Å². The third kappa shape index (κ3) is 4.26. The first-order valence-corrected chi connectivity index (χ1v) is 11.6. The zero-order valence-corrected chi connectivity index (χ0v) is 18.9. The molecule has 2 aromatic heterocycles. The first-order valence-electron chi connectivity index (χ1n) is 11.6. The largest absolute Gasteiger partial charge is 0.378 e. The van der Waals surface area contributed by atoms with E-state index in [1.165, 1.54) is 12.1 Å². The van der Waals surface area contributed by atoms with Gasteiger partial charge in [0.1, 0.15) is 0 Å². The van der Waals surface area contributed by atoms with Crippen LogP contribution in [0.5, 0.6) is 0 Å². The molecule has 0 unspecified atom stereocenters. The van der Waals surface area contributed by atoms with Crippen LogP contribution in [0.2, 0.25) is 0 Å². The maximum absolute atomic E-state index is 13.1. The summed E-state index contributed by atoms with van der Waals surface area (Å²) >= 11 is 0. The van der Waals surface area contributed by atoms with E-state index in [-0.39, 0.29) is 5.56 Å². The molecule has 5 rings (SSSR count). The highest BCUT2D eigenvalue weighted by molar-refractivity contribution is 5.61. The van der Waals surface area contributed by atoms with Crippen LogP contribution in [-0.4, -0.2) is 65.4 Å². The van der Waals surface area contributed by atoms with Gasteiger partial charge in [-0.05, 0) is 37.3 Å². The van der Waals surface area contributed by atoms with Gasteiger partial charge in [-0.25, -0.2) is 9.97 Å². The average molecular weight is 424 g/mol. The summed E-state index contributed by atoms with van der Waals surface area (Å²) in [4.78, 5) is 27.4. The number of fused-ring (bicyclic) bond motifs is 4. The highest BCUT2D eigenvalue weighted by atomic mass is 16.5. The predicted molar refractivity (Wildman–Crippen MR) is 122 cm³/mol. The molecule has 0 spiro atoms. The fourth-order valence-corrected chi connectivity index (χ4v) is 5.48. The Morgan fingerprint density at radius 3 is 2.68 bits per heavy atom. The van der Waals surface area contributed by atoms with Gasteiger partial charge in [-0.3, -0.25) is 4.79 Å². The standard InChI is InChI=1S/C24H33N5O2/c1-16(2)12-27-13-18-9-20(15-27)22-10-19(11-23(30)29(22)14-18)21-8-17(3)25-24(26-21)28-4-6-31-7-5-28/h8,10-11,16,18,20H,4-7,9,12-15H2,1-3H3/t18-,20+/m0/s1. The van der Waals surface area contributed by atoms with Crippen LogP contribution in [0.4, 0.5) is 5.95 Å². The molecule has 3 aliphatic rings. The molecule has 0 aliphatic carbocycles. The van der Waals surface area contributed by atoms with Gasteiger partial charge in [-0.1, -0.05) is 13.8 Å². The van der Waals surface area contributed by atoms with Crippen LogP contribution < -0.4 is 10.5 Å². The molecule has 0 aromatic carbocycles. The van der Waals surface area contributed by atoms with Crippen molar-refractivity contribution in [3.05, 3.63) is 39.9 Å². The number of rotatable bonds is 4. The summed E-state index contributed by atoms with van der Waals surface area (Å²) in [5.74, 6) is 2.38. The maximum Gasteiger partial charge on any atom is 0.251 e. The highest BCUT2D eigenvalue weighted by Gasteiger charge is 2.35. The van der Waals surface area contributed by atoms with Crippen LogP contribution in [-0.2, 0) is 11.3 Å². The van der Waals surface area contributed by atoms with Crippen molar-refractivity contribution in [3.8, 4) is 11.3 Å². The number of aromatic nitrogens is 3. The van der Waals surface area contributed by atoms with Gasteiger partial charge < -0.3 is 19.1 Å². The quantitative estimate of drug-likeness (QED) is 0.753. The number of ether oxygens (including phenoxy) is 1. The Morgan fingerprint density at radius 1 is 1.10 bits per heavy atom. The number of nitrogens with zero attached hydrogens (tertiary/aromatic N) is 5. The Hall–Kier alpha value is -2.25. The lowest BCUT2D eigenvalue weighted by Gasteiger charge is -2.43. The molecule has 7 heteroatoms. The smallest absolute Gasteiger partial charge is 0.251 e. The van der Waals surface area contributed by atoms with Gasteiger partial charge in [0.05, 0.1) is 18.9 Å². The monoisotopic (exact) mass is 423 g/mol. The van der Waals surface area contributed by atoms with Crippen LogP contribution in [0.15, 0.2) is 23.0 Å². The van der Waals surface area contributed by atoms with Crippen molar-refractivity contribution in [2.24, 2.45) is 11.8 Å². The summed E-state index contributed by atoms with van der Waals surface area (Å²) in [6, 6.07) is 5.97. The second-order valence-electron chi connectivity index (χ2n) is 9.82. The predicted octanol–water partition coefficient (Wildman–Crippen LogP) is 2.53. The number of piperidine rings is 1. The summed E-state index contributed by atoms with van der Waals surface area (Å²) in [7, 11) is 0. The van der Waals surface area contributed by atoms with Gasteiger partial charge in [0.15, 0.2) is 0 Å². The van der Waals surface area contributed by atoms with Gasteiger partial charge in [-0.2, -0.15) is 0 Å². The summed E-state index contributed by atoms with van der Waals surface area (Å²) in [5, 5.41) is 0. The Kier molecular flexibility index (Phi) is 5.56. The molecule has 2 fully saturated rings. The van der Waals surface area contributed by atoms with Crippen LogP contribution in [0.25, 0.3) is 11.3 Å². The Labute approximate surface area is 184 Å². The molecular formula is C24H33N5O2. The number of hydrogen-bond acceptors (Lipinski definition) is 6. The van der Waals surface area contributed by atoms with Gasteiger partial charge in [0.25, 0.3) is 5.56 Å². The van der Waals surface area contributed by atoms with Crippen molar-refractivity contribution in [1.29, 1.82) is 0 Å². The molecule has 0 N–H and O–H groups in total. The fourth-order valence-electron chi connectivity index (χ4n) is 5.48. The SMILES string of the molecule is Cc1cc(-c2cc3n(c(=O)c2)C[C@H]2C[C@@H]3CN(CC(C)C)C2)nc(N2CCOCC2)n1. The van der Waals surface area contributed by atoms with Gasteiger partial charge in [0.2, 0.25) is 5.95 Å². The van der Waals surface area contributed by atoms with Gasteiger partial charge >= 0.3 is 0 Å². The molecule has 3 aliphatic heterocycles. The molecule has 166 valence electrons. The lowest BCUT2D eigenvalue weighted by molar-refractivity contribution is 0.109. The van der Waals surface area contributed by atoms with Gasteiger partial charge in [0, 0.05) is 68.2 Å². The van der Waals surface area contributed by atoms with Crippen molar-refractivity contribution >= 4 is 5.95 Å². The second kappa shape index (κ2) is 8.36. The molecule has 31 heavy (non-hydrogen) atoms. The van der Waals surface area contributed by atoms with Crippen LogP contribution in [0.1, 0.15) is 37.6 Å². The average Bonchev–Trinajstić information content (AvgIpc) is 2.74. The highest BCUT2D eigenvalue weighted by Crippen LogP contribution is 2.36. The van der Waals surface area contributed by atoms with E-state index in [1.54, 1.807) is 6.07 Å². The van der Waals surface area contributed by atoms with E-state index < -0.39 is 0 Å². The van der Waals surface area contributed by atoms with Crippen molar-refractivity contribution in [1.82, 2.24) is 19.4 Å². The molecule has 0 amide bonds. The first-order chi connectivity index (χ1) is 15.0. The van der Waals surface area contributed by atoms with E-state index in [9.17, 15) is 4.79 Å². The van der Waals surface area contributed by atoms with Crippen LogP contribution in [0, 0.1) is 18.8 Å². The molecule has 5 heterocycles. The number of pyridine rings is 1. The zero-order chi connectivity index (χ0) is 21.5. The lowest BCUT2D eigenvalue weighted by atomic mass is 9.82. The Balaban J connectivity index is 1.49. The normalized spacial score (nSPS) is 23.8. The maximum atomic E-state index is 13.1. The van der Waals surface area contributed by atoms with E-state index in [0.29, 0.717) is 31.0 Å². The number of anilines is 1. The molecule has 2 saturated heterocycles. The molecule has 2 atom stereocenters. The summed E-state index contributed by atoms with van der Waals surface area (Å²) in [6.07, 6.45) is 1.18. The third-order valence-electron chi connectivity index (χ3n) is 6.69. The molecule has 7 nitrogen and oxygen atoms in total. The van der Waals surface area contributed by atoms with E-state index in [4.69, 9.17) is 9.72 Å². The summed E-state index contributed by atoms with van der Waals surface area (Å²) < 4.78 is 7.49. The molecule has 0 saturated carbocycles. The Bertz CT molecular complexity index is 1010. The minimum absolute atomic E-state index is 0.101. The van der Waals surface area contributed by atoms with E-state index in [0.717, 1.165) is 62.2 Å². The minimum atomic E-state index is 0.101. The molecule has 2 bridgehead atoms. The lowest BCUT2D eigenvalue weighted by Crippen LogP contribution is -2.48. The topological polar surface area (TPSA) is 63.5 Å². The third-order valence-corrected chi connectivity index (χ3v) is 6.69.